The van der Waals surface area contributed by atoms with Gasteiger partial charge in [0.2, 0.25) is 0 Å². The largest absolute Gasteiger partial charge is 0.573 e. The number of benzene rings is 2. The van der Waals surface area contributed by atoms with E-state index in [9.17, 15) is 13.2 Å². The molecule has 0 radical (unpaired) electrons. The molecule has 0 unspecified atom stereocenters. The normalized spacial score (nSPS) is 14.6. The fourth-order valence-corrected chi connectivity index (χ4v) is 3.53. The molecule has 2 aromatic rings. The van der Waals surface area contributed by atoms with Crippen LogP contribution in [0.15, 0.2) is 75.3 Å². The van der Waals surface area contributed by atoms with Gasteiger partial charge in [0.15, 0.2) is 5.11 Å². The minimum absolute atomic E-state index is 0.232. The number of nitrogens with two attached hydrogens (primary N) is 1. The summed E-state index contributed by atoms with van der Waals surface area (Å²) >= 11 is 5.24. The molecular formula is C25H27F3N6OS. The SMILES string of the molecule is NC(=NC=Nc1ccc(OC(F)(F)F)cc1)c1ccc(/C=N/NC(=S)NCCC2=CCCCC2)cc1. The first-order valence-corrected chi connectivity index (χ1v) is 11.8. The van der Waals surface area contributed by atoms with Gasteiger partial charge in [-0.3, -0.25) is 5.43 Å². The summed E-state index contributed by atoms with van der Waals surface area (Å²) in [6.45, 7) is 0.779. The number of hydrogen-bond acceptors (Lipinski definition) is 4. The van der Waals surface area contributed by atoms with Gasteiger partial charge in [-0.25, -0.2) is 9.98 Å². The number of aliphatic imine (C=N–C) groups is 2. The molecule has 0 bridgehead atoms. The summed E-state index contributed by atoms with van der Waals surface area (Å²) in [6, 6.07) is 12.3. The standard InChI is InChI=1S/C25H27F3N6OS/c26-25(27,28)35-22-12-10-21(11-13-22)31-17-32-23(29)20-8-6-19(7-9-20)16-33-34-24(36)30-15-14-18-4-2-1-3-5-18/h4,6-13,16-17H,1-3,5,14-15H2,(H2,29,31,32)(H2,30,34,36)/b33-16+. The van der Waals surface area contributed by atoms with Gasteiger partial charge in [0, 0.05) is 12.1 Å². The monoisotopic (exact) mass is 516 g/mol. The van der Waals surface area contributed by atoms with Crippen molar-refractivity contribution >= 4 is 41.4 Å². The average Bonchev–Trinajstić information content (AvgIpc) is 2.85. The maximum absolute atomic E-state index is 12.2. The third kappa shape index (κ3) is 9.87. The van der Waals surface area contributed by atoms with Crippen LogP contribution in [0.25, 0.3) is 0 Å². The molecule has 0 aromatic heterocycles. The molecule has 0 aliphatic heterocycles. The van der Waals surface area contributed by atoms with Gasteiger partial charge in [-0.1, -0.05) is 35.9 Å². The Hall–Kier alpha value is -3.73. The van der Waals surface area contributed by atoms with E-state index < -0.39 is 6.36 Å². The molecule has 36 heavy (non-hydrogen) atoms. The predicted molar refractivity (Wildman–Crippen MR) is 141 cm³/mol. The number of nitrogens with zero attached hydrogens (tertiary/aromatic N) is 3. The molecule has 4 N–H and O–H groups in total. The minimum Gasteiger partial charge on any atom is -0.406 e. The lowest BCUT2D eigenvalue weighted by atomic mass is 9.97. The Morgan fingerprint density at radius 3 is 2.50 bits per heavy atom. The van der Waals surface area contributed by atoms with E-state index in [0.717, 1.165) is 18.5 Å². The third-order valence-electron chi connectivity index (χ3n) is 5.18. The van der Waals surface area contributed by atoms with Crippen molar-refractivity contribution in [2.24, 2.45) is 20.8 Å². The van der Waals surface area contributed by atoms with Crippen LogP contribution in [0.4, 0.5) is 18.9 Å². The maximum Gasteiger partial charge on any atom is 0.573 e. The van der Waals surface area contributed by atoms with Gasteiger partial charge >= 0.3 is 6.36 Å². The van der Waals surface area contributed by atoms with Gasteiger partial charge in [-0.2, -0.15) is 5.10 Å². The van der Waals surface area contributed by atoms with E-state index in [1.807, 2.05) is 12.1 Å². The molecule has 11 heteroatoms. The Morgan fingerprint density at radius 2 is 1.83 bits per heavy atom. The van der Waals surface area contributed by atoms with Crippen molar-refractivity contribution in [2.45, 2.75) is 38.5 Å². The lowest BCUT2D eigenvalue weighted by molar-refractivity contribution is -0.274. The van der Waals surface area contributed by atoms with Crippen molar-refractivity contribution in [1.29, 1.82) is 0 Å². The van der Waals surface area contributed by atoms with Gasteiger partial charge in [-0.05, 0) is 74.2 Å². The highest BCUT2D eigenvalue weighted by Crippen LogP contribution is 2.24. The summed E-state index contributed by atoms with van der Waals surface area (Å²) in [7, 11) is 0. The zero-order valence-corrected chi connectivity index (χ0v) is 20.3. The minimum atomic E-state index is -4.74. The molecule has 0 atom stereocenters. The molecule has 3 rings (SSSR count). The van der Waals surface area contributed by atoms with E-state index in [2.05, 4.69) is 36.6 Å². The summed E-state index contributed by atoms with van der Waals surface area (Å²) in [5, 5.41) is 7.77. The van der Waals surface area contributed by atoms with Crippen LogP contribution in [0, 0.1) is 0 Å². The van der Waals surface area contributed by atoms with Crippen LogP contribution < -0.4 is 21.2 Å². The fraction of sp³-hybridized carbons (Fsp3) is 0.280. The van der Waals surface area contributed by atoms with Gasteiger partial charge in [0.25, 0.3) is 0 Å². The Balaban J connectivity index is 1.43. The van der Waals surface area contributed by atoms with Gasteiger partial charge in [0.05, 0.1) is 11.9 Å². The molecular weight excluding hydrogens is 489 g/mol. The Kier molecular flexibility index (Phi) is 9.99. The van der Waals surface area contributed by atoms with Crippen LogP contribution in [-0.4, -0.2) is 36.4 Å². The van der Waals surface area contributed by atoms with E-state index in [0.29, 0.717) is 16.4 Å². The Bertz CT molecular complexity index is 1130. The smallest absolute Gasteiger partial charge is 0.406 e. The topological polar surface area (TPSA) is 96.4 Å². The second-order valence-corrected chi connectivity index (χ2v) is 8.31. The van der Waals surface area contributed by atoms with E-state index in [-0.39, 0.29) is 11.6 Å². The Morgan fingerprint density at radius 1 is 1.08 bits per heavy atom. The summed E-state index contributed by atoms with van der Waals surface area (Å²) < 4.78 is 40.4. The highest BCUT2D eigenvalue weighted by atomic mass is 32.1. The number of allylic oxidation sites excluding steroid dienone is 1. The number of alkyl halides is 3. The molecule has 0 fully saturated rings. The molecule has 2 aromatic carbocycles. The quantitative estimate of drug-likeness (QED) is 0.138. The molecule has 190 valence electrons. The lowest BCUT2D eigenvalue weighted by Crippen LogP contribution is -2.32. The third-order valence-corrected chi connectivity index (χ3v) is 5.41. The van der Waals surface area contributed by atoms with E-state index >= 15 is 0 Å². The first kappa shape index (κ1) is 26.9. The van der Waals surface area contributed by atoms with Crippen LogP contribution in [0.5, 0.6) is 5.75 Å². The highest BCUT2D eigenvalue weighted by Gasteiger charge is 2.30. The molecule has 0 heterocycles. The summed E-state index contributed by atoms with van der Waals surface area (Å²) in [5.74, 6) is -0.0928. The highest BCUT2D eigenvalue weighted by molar-refractivity contribution is 7.80. The van der Waals surface area contributed by atoms with Crippen LogP contribution in [-0.2, 0) is 0 Å². The molecule has 0 saturated carbocycles. The molecule has 1 aliphatic rings. The fourth-order valence-electron chi connectivity index (χ4n) is 3.38. The number of hydrazone groups is 1. The predicted octanol–water partition coefficient (Wildman–Crippen LogP) is 5.34. The van der Waals surface area contributed by atoms with Crippen molar-refractivity contribution in [1.82, 2.24) is 10.7 Å². The average molecular weight is 517 g/mol. The summed E-state index contributed by atoms with van der Waals surface area (Å²) in [4.78, 5) is 8.12. The van der Waals surface area contributed by atoms with E-state index in [4.69, 9.17) is 18.0 Å². The zero-order valence-electron chi connectivity index (χ0n) is 19.5. The number of halogens is 3. The molecule has 0 saturated heterocycles. The number of hydrogen-bond donors (Lipinski definition) is 3. The number of nitrogens with one attached hydrogen (secondary N) is 2. The van der Waals surface area contributed by atoms with Crippen molar-refractivity contribution < 1.29 is 17.9 Å². The number of thiocarbonyl (C=S) groups is 1. The zero-order chi connectivity index (χ0) is 25.8. The van der Waals surface area contributed by atoms with Crippen molar-refractivity contribution in [2.75, 3.05) is 6.54 Å². The molecule has 0 spiro atoms. The number of ether oxygens (including phenoxy) is 1. The van der Waals surface area contributed by atoms with Crippen LogP contribution in [0.2, 0.25) is 0 Å². The molecule has 1 aliphatic carbocycles. The molecule has 7 nitrogen and oxygen atoms in total. The van der Waals surface area contributed by atoms with Crippen LogP contribution in [0.1, 0.15) is 43.2 Å². The van der Waals surface area contributed by atoms with E-state index in [1.54, 1.807) is 18.3 Å². The Labute approximate surface area is 213 Å². The molecule has 0 amide bonds. The van der Waals surface area contributed by atoms with Gasteiger partial charge in [0.1, 0.15) is 17.9 Å². The number of rotatable bonds is 9. The number of amidine groups is 1. The van der Waals surface area contributed by atoms with Crippen molar-refractivity contribution in [3.05, 3.63) is 71.3 Å². The maximum atomic E-state index is 12.2. The first-order valence-electron chi connectivity index (χ1n) is 11.4. The van der Waals surface area contributed by atoms with Crippen molar-refractivity contribution in [3.63, 3.8) is 0 Å². The second-order valence-electron chi connectivity index (χ2n) is 7.91. The second kappa shape index (κ2) is 13.4. The van der Waals surface area contributed by atoms with Crippen molar-refractivity contribution in [3.8, 4) is 5.75 Å². The van der Waals surface area contributed by atoms with Gasteiger partial charge in [-0.15, -0.1) is 13.2 Å². The summed E-state index contributed by atoms with van der Waals surface area (Å²) in [5.41, 5.74) is 12.2. The van der Waals surface area contributed by atoms with Crippen LogP contribution >= 0.6 is 12.2 Å². The van der Waals surface area contributed by atoms with E-state index in [1.165, 1.54) is 61.9 Å². The first-order chi connectivity index (χ1) is 17.3. The van der Waals surface area contributed by atoms with Gasteiger partial charge < -0.3 is 15.8 Å². The summed E-state index contributed by atoms with van der Waals surface area (Å²) in [6.07, 6.45) is 6.35. The van der Waals surface area contributed by atoms with Crippen LogP contribution in [0.3, 0.4) is 0 Å². The lowest BCUT2D eigenvalue weighted by Gasteiger charge is -2.13.